The summed E-state index contributed by atoms with van der Waals surface area (Å²) in [7, 11) is -12.5. The van der Waals surface area contributed by atoms with Gasteiger partial charge in [-0.3, -0.25) is 0 Å². The third kappa shape index (κ3) is 7.58. The van der Waals surface area contributed by atoms with E-state index >= 15 is 0 Å². The van der Waals surface area contributed by atoms with Crippen LogP contribution in [0, 0.1) is 3.57 Å². The molecule has 0 atom stereocenters. The first-order valence-corrected chi connectivity index (χ1v) is 13.1. The number of rotatable bonds is 8. The van der Waals surface area contributed by atoms with Crippen LogP contribution in [0.4, 0.5) is 26.3 Å². The van der Waals surface area contributed by atoms with E-state index in [-0.39, 0.29) is 3.57 Å². The van der Waals surface area contributed by atoms with Gasteiger partial charge < -0.3 is 0 Å². The van der Waals surface area contributed by atoms with E-state index in [4.69, 9.17) is 0 Å². The number of carbonyl (C=O) groups is 1. The average molecular weight is 600 g/mol. The third-order valence-electron chi connectivity index (χ3n) is 2.52. The zero-order chi connectivity index (χ0) is 23.4. The first-order valence-electron chi connectivity index (χ1n) is 7.06. The summed E-state index contributed by atoms with van der Waals surface area (Å²) in [4.78, 5) is 10.9. The molecule has 17 heteroatoms. The summed E-state index contributed by atoms with van der Waals surface area (Å²) in [5, 5.41) is 0. The van der Waals surface area contributed by atoms with Crippen LogP contribution in [-0.2, 0) is 36.5 Å². The Bertz CT molecular complexity index is 987. The molecule has 0 aliphatic carbocycles. The van der Waals surface area contributed by atoms with E-state index in [2.05, 4.69) is 11.4 Å². The Balaban J connectivity index is 3.48. The van der Waals surface area contributed by atoms with Gasteiger partial charge in [0.2, 0.25) is 0 Å². The van der Waals surface area contributed by atoms with Crippen LogP contribution < -0.4 is 0 Å². The van der Waals surface area contributed by atoms with Crippen molar-refractivity contribution in [2.45, 2.75) is 17.9 Å². The number of hydrogen-bond donors (Lipinski definition) is 0. The molecular weight excluding hydrogens is 589 g/mol. The normalized spacial score (nSPS) is 14.2. The molecule has 1 aromatic rings. The molecule has 0 saturated carbocycles. The van der Waals surface area contributed by atoms with Crippen molar-refractivity contribution in [1.29, 1.82) is 0 Å². The molecule has 0 aromatic heterocycles. The summed E-state index contributed by atoms with van der Waals surface area (Å²) < 4.78 is 133. The van der Waals surface area contributed by atoms with E-state index in [1.54, 1.807) is 0 Å². The number of alkyl halides is 6. The van der Waals surface area contributed by atoms with E-state index < -0.39 is 69.8 Å². The summed E-state index contributed by atoms with van der Waals surface area (Å²) in [5.41, 5.74) is -11.8. The Kier molecular flexibility index (Phi) is 8.54. The molecule has 172 valence electrons. The first-order chi connectivity index (χ1) is 13.5. The molecule has 30 heavy (non-hydrogen) atoms. The van der Waals surface area contributed by atoms with Crippen molar-refractivity contribution < 1.29 is 59.4 Å². The van der Waals surface area contributed by atoms with Crippen LogP contribution in [0.5, 0.6) is 0 Å². The number of carbonyl (C=O) groups excluding carboxylic acids is 1. The average Bonchev–Trinajstić information content (AvgIpc) is 2.57. The van der Waals surface area contributed by atoms with Crippen molar-refractivity contribution in [3.05, 3.63) is 43.7 Å². The van der Waals surface area contributed by atoms with Gasteiger partial charge in [0.1, 0.15) is 0 Å². The van der Waals surface area contributed by atoms with Gasteiger partial charge in [-0.25, -0.2) is 0 Å². The van der Waals surface area contributed by atoms with Crippen molar-refractivity contribution >= 4 is 46.4 Å². The SMILES string of the molecule is CC(=O)OCC(=CI(OS(=O)(=O)C(F)(F)F)c1ccccc1)OS(=O)(=O)C(F)(F)F. The minimum absolute atomic E-state index is 0.178. The molecule has 1 aromatic carbocycles. The molecule has 0 N–H and O–H groups in total. The number of hydrogen-bond acceptors (Lipinski definition) is 8. The topological polar surface area (TPSA) is 113 Å². The summed E-state index contributed by atoms with van der Waals surface area (Å²) in [5.74, 6) is -2.38. The summed E-state index contributed by atoms with van der Waals surface area (Å²) >= 11 is -4.22. The van der Waals surface area contributed by atoms with Gasteiger partial charge in [-0.1, -0.05) is 0 Å². The fourth-order valence-corrected chi connectivity index (χ4v) is 7.83. The van der Waals surface area contributed by atoms with Crippen molar-refractivity contribution in [2.24, 2.45) is 0 Å². The van der Waals surface area contributed by atoms with Crippen molar-refractivity contribution in [3.63, 3.8) is 0 Å². The van der Waals surface area contributed by atoms with Crippen molar-refractivity contribution in [1.82, 2.24) is 0 Å². The molecule has 0 heterocycles. The molecule has 1 rings (SSSR count). The Morgan fingerprint density at radius 3 is 1.90 bits per heavy atom. The van der Waals surface area contributed by atoms with E-state index in [9.17, 15) is 48.0 Å². The van der Waals surface area contributed by atoms with Gasteiger partial charge in [-0.2, -0.15) is 0 Å². The molecule has 0 amide bonds. The Morgan fingerprint density at radius 1 is 0.967 bits per heavy atom. The standard InChI is InChI=1S/C13H11F6IO8S2/c1-9(21)26-8-11(27-29(22,23)12(14,15)16)7-20(10-5-3-2-4-6-10)28-30(24,25)13(17,18)19/h2-7H,8H2,1H3. The molecule has 8 nitrogen and oxygen atoms in total. The summed E-state index contributed by atoms with van der Waals surface area (Å²) in [6, 6.07) is 6.13. The molecule has 0 radical (unpaired) electrons. The van der Waals surface area contributed by atoms with E-state index in [0.717, 1.165) is 19.1 Å². The number of benzene rings is 1. The number of halogens is 7. The molecule has 0 unspecified atom stereocenters. The van der Waals surface area contributed by atoms with Gasteiger partial charge in [-0.15, -0.1) is 0 Å². The molecule has 0 fully saturated rings. The monoisotopic (exact) mass is 600 g/mol. The van der Waals surface area contributed by atoms with Crippen LogP contribution in [0.15, 0.2) is 40.2 Å². The van der Waals surface area contributed by atoms with Crippen molar-refractivity contribution in [3.8, 4) is 0 Å². The van der Waals surface area contributed by atoms with Crippen molar-refractivity contribution in [2.75, 3.05) is 6.61 Å². The quantitative estimate of drug-likeness (QED) is 0.112. The fraction of sp³-hybridized carbons (Fsp3) is 0.308. The zero-order valence-corrected chi connectivity index (χ0v) is 18.2. The third-order valence-corrected chi connectivity index (χ3v) is 10.2. The van der Waals surface area contributed by atoms with Crippen LogP contribution in [0.1, 0.15) is 6.92 Å². The second-order valence-corrected chi connectivity index (χ2v) is 12.4. The van der Waals surface area contributed by atoms with Crippen LogP contribution in [0.2, 0.25) is 0 Å². The molecule has 0 aliphatic heterocycles. The molecule has 0 aliphatic rings. The van der Waals surface area contributed by atoms with Gasteiger partial charge in [0.15, 0.2) is 0 Å². The van der Waals surface area contributed by atoms with Gasteiger partial charge in [0.05, 0.1) is 0 Å². The maximum absolute atomic E-state index is 12.7. The van der Waals surface area contributed by atoms with Crippen LogP contribution in [0.3, 0.4) is 0 Å². The Labute approximate surface area is 174 Å². The van der Waals surface area contributed by atoms with Crippen LogP contribution in [0.25, 0.3) is 0 Å². The summed E-state index contributed by atoms with van der Waals surface area (Å²) in [6.07, 6.45) is 0. The van der Waals surface area contributed by atoms with Crippen LogP contribution in [-0.4, -0.2) is 40.4 Å². The Morgan fingerprint density at radius 2 is 1.47 bits per heavy atom. The molecule has 0 spiro atoms. The maximum atomic E-state index is 12.7. The first kappa shape index (κ1) is 26.4. The number of ether oxygens (including phenoxy) is 1. The van der Waals surface area contributed by atoms with Gasteiger partial charge in [0, 0.05) is 0 Å². The number of esters is 1. The van der Waals surface area contributed by atoms with E-state index in [1.807, 2.05) is 0 Å². The fourth-order valence-electron chi connectivity index (χ4n) is 1.33. The minimum atomic E-state index is -6.31. The molecular formula is C13H11F6IO8S2. The second-order valence-electron chi connectivity index (χ2n) is 4.87. The van der Waals surface area contributed by atoms with E-state index in [0.29, 0.717) is 4.08 Å². The molecule has 0 saturated heterocycles. The van der Waals surface area contributed by atoms with Gasteiger partial charge in [-0.05, 0) is 0 Å². The predicted molar refractivity (Wildman–Crippen MR) is 96.0 cm³/mol. The zero-order valence-electron chi connectivity index (χ0n) is 14.4. The summed E-state index contributed by atoms with van der Waals surface area (Å²) in [6.45, 7) is -0.449. The van der Waals surface area contributed by atoms with Crippen LogP contribution >= 0.6 is 20.2 Å². The van der Waals surface area contributed by atoms with Gasteiger partial charge in [0.25, 0.3) is 0 Å². The van der Waals surface area contributed by atoms with E-state index in [1.165, 1.54) is 18.2 Å². The Hall–Kier alpha value is -1.60. The molecule has 0 bridgehead atoms. The van der Waals surface area contributed by atoms with Gasteiger partial charge >= 0.3 is 174 Å². The second kappa shape index (κ2) is 9.69. The predicted octanol–water partition coefficient (Wildman–Crippen LogP) is 3.41.